The fourth-order valence-electron chi connectivity index (χ4n) is 2.31. The minimum Gasteiger partial charge on any atom is -0.465 e. The maximum absolute atomic E-state index is 11.5. The summed E-state index contributed by atoms with van der Waals surface area (Å²) in [6.07, 6.45) is 0. The van der Waals surface area contributed by atoms with Crippen LogP contribution in [-0.2, 0) is 11.8 Å². The molecule has 0 aliphatic carbocycles. The van der Waals surface area contributed by atoms with Gasteiger partial charge in [0.05, 0.1) is 23.9 Å². The van der Waals surface area contributed by atoms with Crippen LogP contribution >= 0.6 is 0 Å². The molecule has 0 spiro atoms. The van der Waals surface area contributed by atoms with Gasteiger partial charge in [0, 0.05) is 31.4 Å². The first-order valence-electron chi connectivity index (χ1n) is 5.96. The molecule has 2 aromatic rings. The molecule has 3 rings (SSSR count). The minimum absolute atomic E-state index is 0.315. The summed E-state index contributed by atoms with van der Waals surface area (Å²) >= 11 is 0. The number of ether oxygens (including phenoxy) is 1. The number of hydrogen-bond donors (Lipinski definition) is 1. The predicted octanol–water partition coefficient (Wildman–Crippen LogP) is 1.05. The number of benzene rings is 1. The van der Waals surface area contributed by atoms with Crippen LogP contribution in [0.15, 0.2) is 18.2 Å². The predicted molar refractivity (Wildman–Crippen MR) is 67.7 cm³/mol. The molecule has 1 saturated heterocycles. The molecule has 2 heterocycles. The number of nitrogens with one attached hydrogen (secondary N) is 1. The van der Waals surface area contributed by atoms with E-state index in [1.165, 1.54) is 7.11 Å². The number of carbonyl (C=O) groups is 1. The maximum atomic E-state index is 11.5. The number of carbonyl (C=O) groups excluding carboxylic acids is 1. The monoisotopic (exact) mass is 245 g/mol. The highest BCUT2D eigenvalue weighted by molar-refractivity contribution is 5.95. The number of nitrogens with zero attached hydrogens (tertiary/aromatic N) is 2. The lowest BCUT2D eigenvalue weighted by atomic mass is 9.96. The molecular formula is C13H15N3O2. The third-order valence-electron chi connectivity index (χ3n) is 3.47. The van der Waals surface area contributed by atoms with Crippen molar-refractivity contribution < 1.29 is 9.53 Å². The van der Waals surface area contributed by atoms with E-state index < -0.39 is 0 Å². The quantitative estimate of drug-likeness (QED) is 0.803. The average molecular weight is 245 g/mol. The van der Waals surface area contributed by atoms with Crippen molar-refractivity contribution >= 4 is 16.9 Å². The lowest BCUT2D eigenvalue weighted by Gasteiger charge is -2.25. The topological polar surface area (TPSA) is 56.1 Å². The van der Waals surface area contributed by atoms with Crippen LogP contribution in [-0.4, -0.2) is 35.9 Å². The number of hydrogen-bond acceptors (Lipinski definition) is 4. The molecule has 5 heteroatoms. The summed E-state index contributed by atoms with van der Waals surface area (Å²) in [5.41, 5.74) is 2.65. The first-order valence-corrected chi connectivity index (χ1v) is 5.96. The number of aryl methyl sites for hydroxylation is 1. The molecule has 1 aliphatic rings. The van der Waals surface area contributed by atoms with Crippen LogP contribution in [0.2, 0.25) is 0 Å². The first kappa shape index (κ1) is 11.2. The van der Waals surface area contributed by atoms with E-state index in [0.717, 1.165) is 29.7 Å². The maximum Gasteiger partial charge on any atom is 0.337 e. The molecule has 18 heavy (non-hydrogen) atoms. The fraction of sp³-hybridized carbons (Fsp3) is 0.385. The van der Waals surface area contributed by atoms with Gasteiger partial charge in [0.15, 0.2) is 0 Å². The van der Waals surface area contributed by atoms with Crippen molar-refractivity contribution in [3.8, 4) is 0 Å². The second kappa shape index (κ2) is 4.10. The number of rotatable bonds is 2. The molecule has 5 nitrogen and oxygen atoms in total. The minimum atomic E-state index is -0.315. The van der Waals surface area contributed by atoms with Crippen molar-refractivity contribution in [2.45, 2.75) is 5.92 Å². The molecule has 0 saturated carbocycles. The van der Waals surface area contributed by atoms with E-state index in [9.17, 15) is 4.79 Å². The summed E-state index contributed by atoms with van der Waals surface area (Å²) in [6.45, 7) is 1.95. The first-order chi connectivity index (χ1) is 8.70. The van der Waals surface area contributed by atoms with Crippen molar-refractivity contribution in [1.29, 1.82) is 0 Å². The summed E-state index contributed by atoms with van der Waals surface area (Å²) in [5, 5.41) is 8.93. The van der Waals surface area contributed by atoms with Crippen molar-refractivity contribution in [3.05, 3.63) is 29.5 Å². The summed E-state index contributed by atoms with van der Waals surface area (Å²) in [6, 6.07) is 5.59. The Bertz CT molecular complexity index is 614. The zero-order chi connectivity index (χ0) is 12.7. The van der Waals surface area contributed by atoms with Crippen LogP contribution in [0.25, 0.3) is 10.9 Å². The average Bonchev–Trinajstić information content (AvgIpc) is 2.63. The Balaban J connectivity index is 2.11. The van der Waals surface area contributed by atoms with Gasteiger partial charge >= 0.3 is 5.97 Å². The van der Waals surface area contributed by atoms with Gasteiger partial charge in [0.25, 0.3) is 0 Å². The molecule has 0 amide bonds. The van der Waals surface area contributed by atoms with E-state index >= 15 is 0 Å². The van der Waals surface area contributed by atoms with Crippen LogP contribution in [0.1, 0.15) is 22.0 Å². The van der Waals surface area contributed by atoms with Gasteiger partial charge in [-0.15, -0.1) is 0 Å². The number of esters is 1. The fourth-order valence-corrected chi connectivity index (χ4v) is 2.31. The SMILES string of the molecule is COC(=O)c1ccc2c(C3CNC3)nn(C)c2c1. The largest absolute Gasteiger partial charge is 0.465 e. The molecule has 1 aromatic carbocycles. The number of fused-ring (bicyclic) bond motifs is 1. The van der Waals surface area contributed by atoms with Crippen LogP contribution in [0.3, 0.4) is 0 Å². The lowest BCUT2D eigenvalue weighted by Crippen LogP contribution is -2.40. The molecule has 0 radical (unpaired) electrons. The van der Waals surface area contributed by atoms with E-state index in [1.807, 2.05) is 23.9 Å². The van der Waals surface area contributed by atoms with Crippen LogP contribution < -0.4 is 5.32 Å². The second-order valence-electron chi connectivity index (χ2n) is 4.59. The highest BCUT2D eigenvalue weighted by Gasteiger charge is 2.24. The van der Waals surface area contributed by atoms with Gasteiger partial charge in [0.2, 0.25) is 0 Å². The van der Waals surface area contributed by atoms with Gasteiger partial charge in [-0.2, -0.15) is 5.10 Å². The summed E-state index contributed by atoms with van der Waals surface area (Å²) in [4.78, 5) is 11.5. The van der Waals surface area contributed by atoms with Crippen LogP contribution in [0.5, 0.6) is 0 Å². The lowest BCUT2D eigenvalue weighted by molar-refractivity contribution is 0.0601. The van der Waals surface area contributed by atoms with Gasteiger partial charge in [-0.3, -0.25) is 4.68 Å². The number of methoxy groups -OCH3 is 1. The Labute approximate surface area is 105 Å². The van der Waals surface area contributed by atoms with Crippen molar-refractivity contribution in [2.75, 3.05) is 20.2 Å². The summed E-state index contributed by atoms with van der Waals surface area (Å²) in [5.74, 6) is 0.169. The zero-order valence-electron chi connectivity index (χ0n) is 10.4. The Morgan fingerprint density at radius 2 is 2.28 bits per heavy atom. The van der Waals surface area contributed by atoms with E-state index in [0.29, 0.717) is 11.5 Å². The van der Waals surface area contributed by atoms with Gasteiger partial charge in [-0.05, 0) is 12.1 Å². The Kier molecular flexibility index (Phi) is 2.56. The molecule has 0 bridgehead atoms. The molecule has 0 unspecified atom stereocenters. The standard InChI is InChI=1S/C13H15N3O2/c1-16-11-5-8(13(17)18-2)3-4-10(11)12(15-16)9-6-14-7-9/h3-5,9,14H,6-7H2,1-2H3. The van der Waals surface area contributed by atoms with Crippen molar-refractivity contribution in [2.24, 2.45) is 7.05 Å². The normalized spacial score (nSPS) is 15.7. The molecule has 0 atom stereocenters. The second-order valence-corrected chi connectivity index (χ2v) is 4.59. The molecule has 1 N–H and O–H groups in total. The van der Waals surface area contributed by atoms with Gasteiger partial charge < -0.3 is 10.1 Å². The molecule has 1 aliphatic heterocycles. The van der Waals surface area contributed by atoms with E-state index in [4.69, 9.17) is 4.74 Å². The molecule has 94 valence electrons. The third kappa shape index (κ3) is 1.59. The summed E-state index contributed by atoms with van der Waals surface area (Å²) < 4.78 is 6.56. The van der Waals surface area contributed by atoms with Crippen molar-refractivity contribution in [1.82, 2.24) is 15.1 Å². The van der Waals surface area contributed by atoms with Gasteiger partial charge in [0.1, 0.15) is 0 Å². The third-order valence-corrected chi connectivity index (χ3v) is 3.47. The highest BCUT2D eigenvalue weighted by Crippen LogP contribution is 2.27. The van der Waals surface area contributed by atoms with E-state index in [-0.39, 0.29) is 5.97 Å². The van der Waals surface area contributed by atoms with Gasteiger partial charge in [-0.1, -0.05) is 6.07 Å². The van der Waals surface area contributed by atoms with E-state index in [1.54, 1.807) is 6.07 Å². The van der Waals surface area contributed by atoms with E-state index in [2.05, 4.69) is 10.4 Å². The Morgan fingerprint density at radius 3 is 2.89 bits per heavy atom. The zero-order valence-corrected chi connectivity index (χ0v) is 10.4. The van der Waals surface area contributed by atoms with Gasteiger partial charge in [-0.25, -0.2) is 4.79 Å². The van der Waals surface area contributed by atoms with Crippen LogP contribution in [0, 0.1) is 0 Å². The highest BCUT2D eigenvalue weighted by atomic mass is 16.5. The summed E-state index contributed by atoms with van der Waals surface area (Å²) in [7, 11) is 3.29. The molecular weight excluding hydrogens is 230 g/mol. The Hall–Kier alpha value is -1.88. The van der Waals surface area contributed by atoms with Crippen LogP contribution in [0.4, 0.5) is 0 Å². The Morgan fingerprint density at radius 1 is 1.50 bits per heavy atom. The molecule has 1 aromatic heterocycles. The molecule has 1 fully saturated rings. The number of aromatic nitrogens is 2. The smallest absolute Gasteiger partial charge is 0.337 e. The van der Waals surface area contributed by atoms with Crippen molar-refractivity contribution in [3.63, 3.8) is 0 Å².